The summed E-state index contributed by atoms with van der Waals surface area (Å²) in [4.78, 5) is 10.7. The highest BCUT2D eigenvalue weighted by atomic mass is 35.5. The van der Waals surface area contributed by atoms with E-state index in [0.717, 1.165) is 11.3 Å². The number of fused-ring (bicyclic) bond motifs is 1. The van der Waals surface area contributed by atoms with E-state index in [4.69, 9.17) is 11.6 Å². The lowest BCUT2D eigenvalue weighted by Gasteiger charge is -2.16. The van der Waals surface area contributed by atoms with E-state index in [1.807, 2.05) is 6.07 Å². The summed E-state index contributed by atoms with van der Waals surface area (Å²) in [6.45, 7) is 0.799. The van der Waals surface area contributed by atoms with Crippen LogP contribution in [0.2, 0.25) is 5.02 Å². The van der Waals surface area contributed by atoms with Crippen LogP contribution in [0.25, 0.3) is 0 Å². The van der Waals surface area contributed by atoms with Gasteiger partial charge < -0.3 is 20.5 Å². The van der Waals surface area contributed by atoms with Crippen LogP contribution in [0.4, 0.5) is 5.69 Å². The molecule has 0 spiro atoms. The van der Waals surface area contributed by atoms with E-state index in [1.165, 1.54) is 0 Å². The summed E-state index contributed by atoms with van der Waals surface area (Å²) < 4.78 is 0. The molecule has 0 aliphatic carbocycles. The fourth-order valence-electron chi connectivity index (χ4n) is 1.55. The zero-order valence-electron chi connectivity index (χ0n) is 7.92. The smallest absolute Gasteiger partial charge is 0.0645 e. The Morgan fingerprint density at radius 2 is 2.33 bits per heavy atom. The molecule has 1 aromatic carbocycles. The van der Waals surface area contributed by atoms with Gasteiger partial charge in [-0.15, -0.1) is 0 Å². The number of aliphatic carboxylic acids is 1. The average molecular weight is 226 g/mol. The molecule has 2 N–H and O–H groups in total. The predicted octanol–water partition coefficient (Wildman–Crippen LogP) is -0.0264. The number of anilines is 1. The molecular formula is C10H10ClN2O2-. The van der Waals surface area contributed by atoms with Crippen LogP contribution in [-0.4, -0.2) is 18.6 Å². The standard InChI is InChI=1S/C10H11ClN2O2/c11-7-2-1-6-4-12-9(10(14)15)5-13-8(6)3-7/h1-3,9,12-13H,4-5H2,(H,14,15)/p-1. The lowest BCUT2D eigenvalue weighted by atomic mass is 10.2. The zero-order chi connectivity index (χ0) is 10.8. The molecule has 1 aliphatic heterocycles. The maximum Gasteiger partial charge on any atom is 0.0645 e. The highest BCUT2D eigenvalue weighted by Crippen LogP contribution is 2.22. The summed E-state index contributed by atoms with van der Waals surface area (Å²) >= 11 is 5.84. The monoisotopic (exact) mass is 225 g/mol. The van der Waals surface area contributed by atoms with Gasteiger partial charge >= 0.3 is 0 Å². The number of hydrogen-bond donors (Lipinski definition) is 2. The molecular weight excluding hydrogens is 216 g/mol. The van der Waals surface area contributed by atoms with Crippen molar-refractivity contribution >= 4 is 23.3 Å². The Labute approximate surface area is 92.2 Å². The van der Waals surface area contributed by atoms with Crippen molar-refractivity contribution in [1.82, 2.24) is 5.32 Å². The normalized spacial score (nSPS) is 19.9. The third-order valence-corrected chi connectivity index (χ3v) is 2.63. The molecule has 0 saturated carbocycles. The van der Waals surface area contributed by atoms with Gasteiger partial charge in [0.15, 0.2) is 0 Å². The number of benzene rings is 1. The van der Waals surface area contributed by atoms with Crippen LogP contribution in [0.15, 0.2) is 18.2 Å². The maximum absolute atomic E-state index is 10.7. The molecule has 0 bridgehead atoms. The van der Waals surface area contributed by atoms with Crippen LogP contribution in [-0.2, 0) is 11.3 Å². The second kappa shape index (κ2) is 4.08. The topological polar surface area (TPSA) is 64.2 Å². The van der Waals surface area contributed by atoms with E-state index >= 15 is 0 Å². The average Bonchev–Trinajstić information content (AvgIpc) is 2.39. The van der Waals surface area contributed by atoms with Crippen molar-refractivity contribution in [2.45, 2.75) is 12.6 Å². The SMILES string of the molecule is O=C([O-])C1CNc2cc(Cl)ccc2CN1. The molecule has 0 radical (unpaired) electrons. The minimum atomic E-state index is -1.10. The number of carboxylic acids is 1. The van der Waals surface area contributed by atoms with Gasteiger partial charge in [0.05, 0.1) is 12.0 Å². The molecule has 5 heteroatoms. The van der Waals surface area contributed by atoms with Crippen LogP contribution in [0.1, 0.15) is 5.56 Å². The summed E-state index contributed by atoms with van der Waals surface area (Å²) in [6, 6.07) is 4.77. The van der Waals surface area contributed by atoms with Crippen molar-refractivity contribution in [3.63, 3.8) is 0 Å². The van der Waals surface area contributed by atoms with Gasteiger partial charge in [0.1, 0.15) is 0 Å². The molecule has 0 aromatic heterocycles. The molecule has 2 rings (SSSR count). The number of halogens is 1. The van der Waals surface area contributed by atoms with Crippen molar-refractivity contribution in [3.8, 4) is 0 Å². The number of hydrogen-bond acceptors (Lipinski definition) is 4. The molecule has 1 atom stereocenters. The van der Waals surface area contributed by atoms with Crippen LogP contribution in [0, 0.1) is 0 Å². The Morgan fingerprint density at radius 3 is 3.07 bits per heavy atom. The molecule has 1 aliphatic rings. The maximum atomic E-state index is 10.7. The summed E-state index contributed by atoms with van der Waals surface area (Å²) in [5, 5.41) is 17.2. The summed E-state index contributed by atoms with van der Waals surface area (Å²) in [7, 11) is 0. The minimum Gasteiger partial charge on any atom is -0.548 e. The largest absolute Gasteiger partial charge is 0.548 e. The first kappa shape index (κ1) is 10.3. The minimum absolute atomic E-state index is 0.301. The summed E-state index contributed by atoms with van der Waals surface area (Å²) in [5.74, 6) is -1.10. The number of rotatable bonds is 1. The quantitative estimate of drug-likeness (QED) is 0.705. The number of carboxylic acid groups (broad SMARTS) is 1. The molecule has 1 unspecified atom stereocenters. The first-order valence-corrected chi connectivity index (χ1v) is 5.01. The second-order valence-corrected chi connectivity index (χ2v) is 3.87. The zero-order valence-corrected chi connectivity index (χ0v) is 8.67. The van der Waals surface area contributed by atoms with Gasteiger partial charge in [0.2, 0.25) is 0 Å². The van der Waals surface area contributed by atoms with Crippen molar-refractivity contribution in [2.75, 3.05) is 11.9 Å². The van der Waals surface area contributed by atoms with Crippen LogP contribution < -0.4 is 15.7 Å². The molecule has 0 fully saturated rings. The van der Waals surface area contributed by atoms with Crippen LogP contribution in [0.5, 0.6) is 0 Å². The van der Waals surface area contributed by atoms with Gasteiger partial charge in [-0.2, -0.15) is 0 Å². The highest BCUT2D eigenvalue weighted by molar-refractivity contribution is 6.30. The fourth-order valence-corrected chi connectivity index (χ4v) is 1.72. The number of carbonyl (C=O) groups is 1. The molecule has 0 saturated heterocycles. The third-order valence-electron chi connectivity index (χ3n) is 2.39. The Bertz CT molecular complexity index is 395. The van der Waals surface area contributed by atoms with E-state index in [2.05, 4.69) is 10.6 Å². The molecule has 1 heterocycles. The van der Waals surface area contributed by atoms with Crippen molar-refractivity contribution < 1.29 is 9.90 Å². The molecule has 15 heavy (non-hydrogen) atoms. The van der Waals surface area contributed by atoms with Gasteiger partial charge in [-0.3, -0.25) is 0 Å². The Morgan fingerprint density at radius 1 is 1.53 bits per heavy atom. The lowest BCUT2D eigenvalue weighted by Crippen LogP contribution is -2.47. The van der Waals surface area contributed by atoms with Gasteiger partial charge in [-0.25, -0.2) is 0 Å². The lowest BCUT2D eigenvalue weighted by molar-refractivity contribution is -0.308. The summed E-state index contributed by atoms with van der Waals surface area (Å²) in [6.07, 6.45) is 0. The Kier molecular flexibility index (Phi) is 2.79. The molecule has 0 amide bonds. The molecule has 80 valence electrons. The van der Waals surface area contributed by atoms with Crippen molar-refractivity contribution in [3.05, 3.63) is 28.8 Å². The van der Waals surface area contributed by atoms with Gasteiger partial charge in [0, 0.05) is 23.8 Å². The predicted molar refractivity (Wildman–Crippen MR) is 55.6 cm³/mol. The fraction of sp³-hybridized carbons (Fsp3) is 0.300. The van der Waals surface area contributed by atoms with E-state index < -0.39 is 12.0 Å². The van der Waals surface area contributed by atoms with Gasteiger partial charge in [-0.05, 0) is 17.7 Å². The number of carbonyl (C=O) groups excluding carboxylic acids is 1. The Hall–Kier alpha value is -1.26. The highest BCUT2D eigenvalue weighted by Gasteiger charge is 2.15. The van der Waals surface area contributed by atoms with E-state index in [9.17, 15) is 9.90 Å². The van der Waals surface area contributed by atoms with E-state index in [1.54, 1.807) is 12.1 Å². The first-order valence-electron chi connectivity index (χ1n) is 4.63. The van der Waals surface area contributed by atoms with Crippen molar-refractivity contribution in [2.24, 2.45) is 0 Å². The first-order chi connectivity index (χ1) is 7.16. The molecule has 4 nitrogen and oxygen atoms in total. The summed E-state index contributed by atoms with van der Waals surface area (Å²) in [5.41, 5.74) is 1.88. The van der Waals surface area contributed by atoms with Crippen LogP contribution >= 0.6 is 11.6 Å². The van der Waals surface area contributed by atoms with E-state index in [-0.39, 0.29) is 0 Å². The number of nitrogens with one attached hydrogen (secondary N) is 2. The third kappa shape index (κ3) is 2.22. The van der Waals surface area contributed by atoms with Crippen molar-refractivity contribution in [1.29, 1.82) is 0 Å². The molecule has 1 aromatic rings. The van der Waals surface area contributed by atoms with Gasteiger partial charge in [-0.1, -0.05) is 17.7 Å². The van der Waals surface area contributed by atoms with E-state index in [0.29, 0.717) is 18.1 Å². The second-order valence-electron chi connectivity index (χ2n) is 3.43. The Balaban J connectivity index is 2.21. The van der Waals surface area contributed by atoms with Gasteiger partial charge in [0.25, 0.3) is 0 Å². The van der Waals surface area contributed by atoms with Crippen LogP contribution in [0.3, 0.4) is 0 Å².